The number of H-pyrrole nitrogens is 1. The zero-order valence-electron chi connectivity index (χ0n) is 13.2. The van der Waals surface area contributed by atoms with Crippen LogP contribution >= 0.6 is 0 Å². The number of aryl methyl sites for hydroxylation is 1. The summed E-state index contributed by atoms with van der Waals surface area (Å²) in [6, 6.07) is 7.75. The Morgan fingerprint density at radius 3 is 3.08 bits per heavy atom. The van der Waals surface area contributed by atoms with Crippen LogP contribution in [-0.2, 0) is 26.6 Å². The number of benzene rings is 1. The van der Waals surface area contributed by atoms with Crippen LogP contribution in [0.5, 0.6) is 5.75 Å². The van der Waals surface area contributed by atoms with E-state index in [2.05, 4.69) is 20.4 Å². The number of aromatic amines is 1. The van der Waals surface area contributed by atoms with E-state index in [1.807, 2.05) is 37.5 Å². The molecule has 1 aliphatic rings. The Bertz CT molecular complexity index is 944. The molecule has 0 saturated heterocycles. The normalized spacial score (nSPS) is 12.7. The highest BCUT2D eigenvalue weighted by atomic mass is 16.5. The van der Waals surface area contributed by atoms with Crippen LogP contribution in [0.15, 0.2) is 41.5 Å². The van der Waals surface area contributed by atoms with Gasteiger partial charge in [0.15, 0.2) is 0 Å². The van der Waals surface area contributed by atoms with Crippen molar-refractivity contribution < 1.29 is 4.74 Å². The summed E-state index contributed by atoms with van der Waals surface area (Å²) in [6.45, 7) is 0.828. The largest absolute Gasteiger partial charge is 0.487 e. The summed E-state index contributed by atoms with van der Waals surface area (Å²) < 4.78 is 7.53. The van der Waals surface area contributed by atoms with Crippen molar-refractivity contribution in [1.82, 2.24) is 19.7 Å². The highest BCUT2D eigenvalue weighted by Crippen LogP contribution is 2.26. The van der Waals surface area contributed by atoms with Crippen molar-refractivity contribution in [3.8, 4) is 5.75 Å². The highest BCUT2D eigenvalue weighted by molar-refractivity contribution is 5.41. The first kappa shape index (κ1) is 14.5. The zero-order valence-corrected chi connectivity index (χ0v) is 13.2. The van der Waals surface area contributed by atoms with Gasteiger partial charge in [-0.25, -0.2) is 4.98 Å². The summed E-state index contributed by atoms with van der Waals surface area (Å²) in [5, 5.41) is 7.25. The van der Waals surface area contributed by atoms with Gasteiger partial charge in [0.05, 0.1) is 11.9 Å². The topological polar surface area (TPSA) is 84.8 Å². The first-order valence-corrected chi connectivity index (χ1v) is 7.73. The molecule has 4 rings (SSSR count). The third-order valence-corrected chi connectivity index (χ3v) is 4.02. The van der Waals surface area contributed by atoms with Crippen LogP contribution in [0.1, 0.15) is 22.4 Å². The maximum atomic E-state index is 12.5. The van der Waals surface area contributed by atoms with Crippen LogP contribution in [0.2, 0.25) is 0 Å². The molecule has 7 heteroatoms. The molecular weight excluding hydrogens is 306 g/mol. The predicted octanol–water partition coefficient (Wildman–Crippen LogP) is 1.60. The SMILES string of the molecule is Cn1cc(CNc2nc3c(c(=O)[nH]2)Cc2ccccc2OC3)cn1. The molecule has 0 radical (unpaired) electrons. The Morgan fingerprint density at radius 1 is 1.38 bits per heavy atom. The van der Waals surface area contributed by atoms with E-state index in [1.165, 1.54) is 0 Å². The number of para-hydroxylation sites is 1. The van der Waals surface area contributed by atoms with Gasteiger partial charge in [0.2, 0.25) is 5.95 Å². The fourth-order valence-corrected chi connectivity index (χ4v) is 2.81. The first-order valence-electron chi connectivity index (χ1n) is 7.73. The number of rotatable bonds is 3. The van der Waals surface area contributed by atoms with E-state index >= 15 is 0 Å². The molecule has 2 N–H and O–H groups in total. The lowest BCUT2D eigenvalue weighted by molar-refractivity contribution is 0.302. The van der Waals surface area contributed by atoms with Crippen molar-refractivity contribution in [2.45, 2.75) is 19.6 Å². The van der Waals surface area contributed by atoms with Crippen LogP contribution in [-0.4, -0.2) is 19.7 Å². The number of hydrogen-bond donors (Lipinski definition) is 2. The Kier molecular flexibility index (Phi) is 3.53. The minimum Gasteiger partial charge on any atom is -0.487 e. The van der Waals surface area contributed by atoms with Gasteiger partial charge in [-0.3, -0.25) is 14.5 Å². The van der Waals surface area contributed by atoms with Gasteiger partial charge in [-0.1, -0.05) is 18.2 Å². The lowest BCUT2D eigenvalue weighted by atomic mass is 10.1. The van der Waals surface area contributed by atoms with Gasteiger partial charge in [0.25, 0.3) is 5.56 Å². The Morgan fingerprint density at radius 2 is 2.25 bits per heavy atom. The predicted molar refractivity (Wildman–Crippen MR) is 89.0 cm³/mol. The van der Waals surface area contributed by atoms with Crippen LogP contribution in [0.4, 0.5) is 5.95 Å². The quantitative estimate of drug-likeness (QED) is 0.765. The van der Waals surface area contributed by atoms with Gasteiger partial charge in [-0.2, -0.15) is 5.10 Å². The summed E-state index contributed by atoms with van der Waals surface area (Å²) in [4.78, 5) is 19.8. The molecule has 122 valence electrons. The van der Waals surface area contributed by atoms with Gasteiger partial charge >= 0.3 is 0 Å². The molecule has 0 aliphatic carbocycles. The maximum Gasteiger partial charge on any atom is 0.256 e. The van der Waals surface area contributed by atoms with Crippen molar-refractivity contribution in [2.24, 2.45) is 7.05 Å². The molecule has 1 aliphatic heterocycles. The molecule has 0 unspecified atom stereocenters. The maximum absolute atomic E-state index is 12.5. The molecule has 0 saturated carbocycles. The number of hydrogen-bond acceptors (Lipinski definition) is 5. The summed E-state index contributed by atoms with van der Waals surface area (Å²) in [6.07, 6.45) is 4.21. The molecule has 1 aromatic carbocycles. The van der Waals surface area contributed by atoms with E-state index in [-0.39, 0.29) is 12.2 Å². The Labute approximate surface area is 138 Å². The number of nitrogens with zero attached hydrogens (tertiary/aromatic N) is 3. The third-order valence-electron chi connectivity index (χ3n) is 4.02. The van der Waals surface area contributed by atoms with Crippen LogP contribution in [0.3, 0.4) is 0 Å². The molecular formula is C17H17N5O2. The number of fused-ring (bicyclic) bond motifs is 2. The standard InChI is InChI=1S/C17H17N5O2/c1-22-9-11(8-19-22)7-18-17-20-14-10-24-15-5-3-2-4-12(15)6-13(14)16(23)21-17/h2-5,8-9H,6-7,10H2,1H3,(H2,18,20,21,23). The van der Waals surface area contributed by atoms with E-state index in [9.17, 15) is 4.79 Å². The number of ether oxygens (including phenoxy) is 1. The molecule has 0 amide bonds. The van der Waals surface area contributed by atoms with Crippen LogP contribution in [0.25, 0.3) is 0 Å². The minimum absolute atomic E-state index is 0.131. The smallest absolute Gasteiger partial charge is 0.256 e. The van der Waals surface area contributed by atoms with Gasteiger partial charge in [0, 0.05) is 37.3 Å². The Balaban J connectivity index is 1.60. The van der Waals surface area contributed by atoms with Gasteiger partial charge in [-0.15, -0.1) is 0 Å². The fraction of sp³-hybridized carbons (Fsp3) is 0.235. The van der Waals surface area contributed by atoms with Crippen molar-refractivity contribution in [1.29, 1.82) is 0 Å². The second-order valence-corrected chi connectivity index (χ2v) is 5.79. The van der Waals surface area contributed by atoms with E-state index in [1.54, 1.807) is 10.9 Å². The van der Waals surface area contributed by atoms with Crippen LogP contribution < -0.4 is 15.6 Å². The average Bonchev–Trinajstić information content (AvgIpc) is 2.90. The van der Waals surface area contributed by atoms with Gasteiger partial charge in [0.1, 0.15) is 12.4 Å². The monoisotopic (exact) mass is 323 g/mol. The van der Waals surface area contributed by atoms with Crippen molar-refractivity contribution >= 4 is 5.95 Å². The fourth-order valence-electron chi connectivity index (χ4n) is 2.81. The number of aromatic nitrogens is 4. The molecule has 0 bridgehead atoms. The average molecular weight is 323 g/mol. The van der Waals surface area contributed by atoms with E-state index in [4.69, 9.17) is 4.74 Å². The Hall–Kier alpha value is -3.09. The first-order chi connectivity index (χ1) is 11.7. The molecule has 0 spiro atoms. The molecule has 3 heterocycles. The summed E-state index contributed by atoms with van der Waals surface area (Å²) >= 11 is 0. The molecule has 7 nitrogen and oxygen atoms in total. The van der Waals surface area contributed by atoms with E-state index < -0.39 is 0 Å². The molecule has 24 heavy (non-hydrogen) atoms. The third kappa shape index (κ3) is 2.76. The van der Waals surface area contributed by atoms with E-state index in [0.717, 1.165) is 16.9 Å². The lowest BCUT2D eigenvalue weighted by Crippen LogP contribution is -2.20. The molecule has 0 atom stereocenters. The molecule has 3 aromatic rings. The second-order valence-electron chi connectivity index (χ2n) is 5.79. The zero-order chi connectivity index (χ0) is 16.5. The highest BCUT2D eigenvalue weighted by Gasteiger charge is 2.18. The summed E-state index contributed by atoms with van der Waals surface area (Å²) in [7, 11) is 1.86. The number of nitrogens with one attached hydrogen (secondary N) is 2. The van der Waals surface area contributed by atoms with Gasteiger partial charge < -0.3 is 10.1 Å². The molecule has 0 fully saturated rings. The summed E-state index contributed by atoms with van der Waals surface area (Å²) in [5.74, 6) is 1.25. The number of anilines is 1. The van der Waals surface area contributed by atoms with Crippen molar-refractivity contribution in [3.05, 3.63) is 69.4 Å². The van der Waals surface area contributed by atoms with Crippen molar-refractivity contribution in [3.63, 3.8) is 0 Å². The van der Waals surface area contributed by atoms with Crippen molar-refractivity contribution in [2.75, 3.05) is 5.32 Å². The van der Waals surface area contributed by atoms with Crippen LogP contribution in [0, 0.1) is 0 Å². The van der Waals surface area contributed by atoms with Gasteiger partial charge in [-0.05, 0) is 11.6 Å². The lowest BCUT2D eigenvalue weighted by Gasteiger charge is -2.08. The minimum atomic E-state index is -0.131. The molecule has 2 aromatic heterocycles. The van der Waals surface area contributed by atoms with E-state index in [0.29, 0.717) is 30.2 Å². The summed E-state index contributed by atoms with van der Waals surface area (Å²) in [5.41, 5.74) is 3.21. The second kappa shape index (κ2) is 5.84.